The smallest absolute Gasteiger partial charge is 0.231 e. The average molecular weight is 482 g/mol. The Morgan fingerprint density at radius 3 is 2.64 bits per heavy atom. The Hall–Kier alpha value is -3.84. The van der Waals surface area contributed by atoms with E-state index in [4.69, 9.17) is 9.40 Å². The van der Waals surface area contributed by atoms with Gasteiger partial charge in [0.25, 0.3) is 0 Å². The van der Waals surface area contributed by atoms with Crippen molar-refractivity contribution in [3.63, 3.8) is 0 Å². The molecule has 0 amide bonds. The molecule has 1 saturated carbocycles. The first-order valence-electron chi connectivity index (χ1n) is 12.4. The number of nitrogens with one attached hydrogen (secondary N) is 1. The number of halogens is 1. The zero-order valence-corrected chi connectivity index (χ0v) is 20.5. The number of nitrogens with zero attached hydrogens (tertiary/aromatic N) is 4. The normalized spacial score (nSPS) is 13.9. The topological polar surface area (TPSA) is 68.8 Å². The first-order chi connectivity index (χ1) is 17.6. The molecule has 0 bridgehead atoms. The van der Waals surface area contributed by atoms with Gasteiger partial charge in [-0.15, -0.1) is 10.2 Å². The van der Waals surface area contributed by atoms with Crippen LogP contribution in [0.1, 0.15) is 30.4 Å². The van der Waals surface area contributed by atoms with E-state index in [0.29, 0.717) is 17.0 Å². The number of hydrogen-bond donors (Lipinski definition) is 1. The Morgan fingerprint density at radius 2 is 1.92 bits per heavy atom. The van der Waals surface area contributed by atoms with Gasteiger partial charge in [0.05, 0.1) is 5.56 Å². The van der Waals surface area contributed by atoms with Crippen LogP contribution < -0.4 is 5.32 Å². The number of fused-ring (bicyclic) bond motifs is 1. The highest BCUT2D eigenvalue weighted by molar-refractivity contribution is 5.92. The Morgan fingerprint density at radius 1 is 1.08 bits per heavy atom. The first kappa shape index (κ1) is 22.6. The van der Waals surface area contributed by atoms with E-state index >= 15 is 4.39 Å². The number of aryl methyl sites for hydroxylation is 2. The van der Waals surface area contributed by atoms with Gasteiger partial charge in [0.1, 0.15) is 17.7 Å². The summed E-state index contributed by atoms with van der Waals surface area (Å²) in [6, 6.07) is 17.3. The third kappa shape index (κ3) is 4.09. The van der Waals surface area contributed by atoms with Gasteiger partial charge in [0.2, 0.25) is 5.89 Å². The van der Waals surface area contributed by atoms with Crippen molar-refractivity contribution >= 4 is 11.1 Å². The van der Waals surface area contributed by atoms with Gasteiger partial charge in [-0.3, -0.25) is 0 Å². The van der Waals surface area contributed by atoms with Crippen LogP contribution >= 0.6 is 0 Å². The van der Waals surface area contributed by atoms with Crippen molar-refractivity contribution in [2.75, 3.05) is 6.54 Å². The molecule has 6 rings (SSSR count). The highest BCUT2D eigenvalue weighted by atomic mass is 19.1. The maximum absolute atomic E-state index is 15.6. The summed E-state index contributed by atoms with van der Waals surface area (Å²) in [5.41, 5.74) is 6.19. The predicted octanol–water partition coefficient (Wildman–Crippen LogP) is 6.29. The van der Waals surface area contributed by atoms with E-state index in [2.05, 4.69) is 21.6 Å². The molecular weight excluding hydrogens is 453 g/mol. The third-order valence-electron chi connectivity index (χ3n) is 7.11. The van der Waals surface area contributed by atoms with E-state index in [0.717, 1.165) is 46.8 Å². The fourth-order valence-electron chi connectivity index (χ4n) is 4.99. The first-order valence-corrected chi connectivity index (χ1v) is 12.4. The van der Waals surface area contributed by atoms with Gasteiger partial charge in [0, 0.05) is 19.2 Å². The van der Waals surface area contributed by atoms with Gasteiger partial charge in [0.15, 0.2) is 11.4 Å². The highest BCUT2D eigenvalue weighted by Gasteiger charge is 2.25. The van der Waals surface area contributed by atoms with Crippen LogP contribution in [-0.2, 0) is 13.6 Å². The van der Waals surface area contributed by atoms with Crippen molar-refractivity contribution in [1.82, 2.24) is 25.1 Å². The monoisotopic (exact) mass is 481 g/mol. The van der Waals surface area contributed by atoms with Crippen LogP contribution in [0.3, 0.4) is 0 Å². The lowest BCUT2D eigenvalue weighted by Crippen LogP contribution is -2.26. The second-order valence-corrected chi connectivity index (χ2v) is 9.68. The molecule has 5 aromatic rings. The molecular formula is C29H28FN5O. The van der Waals surface area contributed by atoms with Crippen molar-refractivity contribution < 1.29 is 8.81 Å². The molecule has 0 radical (unpaired) electrons. The van der Waals surface area contributed by atoms with E-state index in [-0.39, 0.29) is 11.5 Å². The molecule has 0 atom stereocenters. The minimum atomic E-state index is -0.417. The fourth-order valence-corrected chi connectivity index (χ4v) is 4.99. The van der Waals surface area contributed by atoms with Crippen molar-refractivity contribution in [2.45, 2.75) is 32.7 Å². The molecule has 182 valence electrons. The summed E-state index contributed by atoms with van der Waals surface area (Å²) in [5, 5.41) is 11.9. The SMILES string of the molecule is Cc1cc(CNCC2CCC2)cc2nc(-c3c(F)ccc(-c4ccccc4)c3-c3nncn3C)oc12. The van der Waals surface area contributed by atoms with Crippen LogP contribution in [-0.4, -0.2) is 26.3 Å². The van der Waals surface area contributed by atoms with Crippen LogP contribution in [0.4, 0.5) is 4.39 Å². The molecule has 7 heteroatoms. The quantitative estimate of drug-likeness (QED) is 0.296. The van der Waals surface area contributed by atoms with Crippen molar-refractivity contribution in [3.8, 4) is 34.0 Å². The average Bonchev–Trinajstić information content (AvgIpc) is 3.47. The Balaban J connectivity index is 1.47. The summed E-state index contributed by atoms with van der Waals surface area (Å²) in [7, 11) is 1.85. The van der Waals surface area contributed by atoms with Crippen molar-refractivity contribution in [3.05, 3.63) is 77.9 Å². The van der Waals surface area contributed by atoms with Crippen LogP contribution in [0, 0.1) is 18.7 Å². The molecule has 36 heavy (non-hydrogen) atoms. The third-order valence-corrected chi connectivity index (χ3v) is 7.11. The summed E-state index contributed by atoms with van der Waals surface area (Å²) in [5.74, 6) is 1.16. The van der Waals surface area contributed by atoms with Crippen LogP contribution in [0.5, 0.6) is 0 Å². The number of hydrogen-bond acceptors (Lipinski definition) is 5. The van der Waals surface area contributed by atoms with Gasteiger partial charge >= 0.3 is 0 Å². The maximum atomic E-state index is 15.6. The molecule has 1 fully saturated rings. The van der Waals surface area contributed by atoms with E-state index in [9.17, 15) is 0 Å². The lowest BCUT2D eigenvalue weighted by Gasteiger charge is -2.25. The minimum absolute atomic E-state index is 0.237. The number of benzene rings is 3. The molecule has 6 nitrogen and oxygen atoms in total. The van der Waals surface area contributed by atoms with Crippen LogP contribution in [0.2, 0.25) is 0 Å². The van der Waals surface area contributed by atoms with Gasteiger partial charge < -0.3 is 14.3 Å². The van der Waals surface area contributed by atoms with Crippen molar-refractivity contribution in [1.29, 1.82) is 0 Å². The van der Waals surface area contributed by atoms with Gasteiger partial charge in [-0.1, -0.05) is 48.9 Å². The second kappa shape index (κ2) is 9.32. The molecule has 1 aliphatic rings. The zero-order chi connectivity index (χ0) is 24.6. The number of oxazole rings is 1. The molecule has 3 aromatic carbocycles. The molecule has 0 spiro atoms. The van der Waals surface area contributed by atoms with E-state index < -0.39 is 5.82 Å². The summed E-state index contributed by atoms with van der Waals surface area (Å²) in [6.07, 6.45) is 5.59. The van der Waals surface area contributed by atoms with Crippen LogP contribution in [0.25, 0.3) is 45.1 Å². The van der Waals surface area contributed by atoms with E-state index in [1.54, 1.807) is 17.0 Å². The molecule has 0 saturated heterocycles. The molecule has 2 heterocycles. The van der Waals surface area contributed by atoms with E-state index in [1.165, 1.54) is 25.3 Å². The fraction of sp³-hybridized carbons (Fsp3) is 0.276. The molecule has 0 aliphatic heterocycles. The largest absolute Gasteiger partial charge is 0.436 e. The van der Waals surface area contributed by atoms with Gasteiger partial charge in [-0.25, -0.2) is 9.37 Å². The zero-order valence-electron chi connectivity index (χ0n) is 20.5. The molecule has 2 aromatic heterocycles. The predicted molar refractivity (Wildman–Crippen MR) is 139 cm³/mol. The number of rotatable bonds is 7. The van der Waals surface area contributed by atoms with E-state index in [1.807, 2.05) is 50.4 Å². The maximum Gasteiger partial charge on any atom is 0.231 e. The molecule has 0 unspecified atom stereocenters. The standard InChI is InChI=1S/C29H28FN5O/c1-18-13-20(16-31-15-19-7-6-8-19)14-24-27(18)36-29(33-24)26-23(30)12-11-22(21-9-4-3-5-10-21)25(26)28-34-32-17-35(28)2/h3-5,9-14,17,19,31H,6-8,15-16H2,1-2H3. The summed E-state index contributed by atoms with van der Waals surface area (Å²) < 4.78 is 23.6. The summed E-state index contributed by atoms with van der Waals surface area (Å²) >= 11 is 0. The van der Waals surface area contributed by atoms with Gasteiger partial charge in [-0.2, -0.15) is 0 Å². The summed E-state index contributed by atoms with van der Waals surface area (Å²) in [6.45, 7) is 3.82. The summed E-state index contributed by atoms with van der Waals surface area (Å²) in [4.78, 5) is 4.78. The lowest BCUT2D eigenvalue weighted by molar-refractivity contribution is 0.301. The lowest BCUT2D eigenvalue weighted by atomic mass is 9.85. The second-order valence-electron chi connectivity index (χ2n) is 9.68. The molecule has 1 N–H and O–H groups in total. The van der Waals surface area contributed by atoms with Crippen molar-refractivity contribution in [2.24, 2.45) is 13.0 Å². The van der Waals surface area contributed by atoms with Crippen LogP contribution in [0.15, 0.2) is 65.3 Å². The van der Waals surface area contributed by atoms with Gasteiger partial charge in [-0.05, 0) is 66.6 Å². The Bertz CT molecular complexity index is 1530. The highest BCUT2D eigenvalue weighted by Crippen LogP contribution is 2.41. The molecule has 1 aliphatic carbocycles. The Kier molecular flexibility index (Phi) is 5.85. The Labute approximate surface area is 209 Å². The number of aromatic nitrogens is 4. The minimum Gasteiger partial charge on any atom is -0.436 e.